The molecule has 1 aromatic heterocycles. The Balaban J connectivity index is 2.37. The molecule has 2 nitrogen and oxygen atoms in total. The summed E-state index contributed by atoms with van der Waals surface area (Å²) in [5.41, 5.74) is 1.90. The van der Waals surface area contributed by atoms with Crippen molar-refractivity contribution >= 4 is 28.4 Å². The van der Waals surface area contributed by atoms with E-state index in [9.17, 15) is 4.39 Å². The predicted octanol–water partition coefficient (Wildman–Crippen LogP) is 4.92. The van der Waals surface area contributed by atoms with E-state index in [-0.39, 0.29) is 0 Å². The molecule has 0 atom stereocenters. The predicted molar refractivity (Wildman–Crippen MR) is 85.7 cm³/mol. The Kier molecular flexibility index (Phi) is 4.58. The number of benzene rings is 1. The van der Waals surface area contributed by atoms with Crippen LogP contribution in [0.2, 0.25) is 0 Å². The van der Waals surface area contributed by atoms with Crippen molar-refractivity contribution in [1.29, 1.82) is 0 Å². The van der Waals surface area contributed by atoms with Crippen LogP contribution in [-0.4, -0.2) is 12.0 Å². The van der Waals surface area contributed by atoms with Crippen LogP contribution in [0.4, 0.5) is 10.1 Å². The standard InChI is InChI=1S/C16H15FN2S/c1-4-13(8-11(2)17)20-14-9-12-6-5-7-15(18-3)16(12)19-10-14/h4-10,18H,1-2H2,3H3/b13-8+. The van der Waals surface area contributed by atoms with Gasteiger partial charge in [0, 0.05) is 28.4 Å². The van der Waals surface area contributed by atoms with Crippen LogP contribution in [0.15, 0.2) is 71.4 Å². The molecule has 0 aliphatic carbocycles. The molecule has 2 aromatic rings. The van der Waals surface area contributed by atoms with E-state index in [1.807, 2.05) is 31.3 Å². The highest BCUT2D eigenvalue weighted by Crippen LogP contribution is 2.31. The van der Waals surface area contributed by atoms with E-state index in [1.165, 1.54) is 17.8 Å². The zero-order chi connectivity index (χ0) is 14.5. The molecule has 0 aliphatic rings. The van der Waals surface area contributed by atoms with Crippen molar-refractivity contribution < 1.29 is 4.39 Å². The summed E-state index contributed by atoms with van der Waals surface area (Å²) in [4.78, 5) is 6.08. The number of nitrogens with zero attached hydrogens (tertiary/aromatic N) is 1. The van der Waals surface area contributed by atoms with Crippen molar-refractivity contribution in [3.63, 3.8) is 0 Å². The summed E-state index contributed by atoms with van der Waals surface area (Å²) in [6.07, 6.45) is 4.72. The fourth-order valence-corrected chi connectivity index (χ4v) is 2.65. The van der Waals surface area contributed by atoms with E-state index in [2.05, 4.69) is 23.5 Å². The smallest absolute Gasteiger partial charge is 0.117 e. The summed E-state index contributed by atoms with van der Waals surface area (Å²) < 4.78 is 12.8. The number of thioether (sulfide) groups is 1. The van der Waals surface area contributed by atoms with Crippen molar-refractivity contribution in [3.8, 4) is 0 Å². The van der Waals surface area contributed by atoms with E-state index in [1.54, 1.807) is 12.3 Å². The lowest BCUT2D eigenvalue weighted by atomic mass is 10.2. The number of nitrogens with one attached hydrogen (secondary N) is 1. The quantitative estimate of drug-likeness (QED) is 0.623. The van der Waals surface area contributed by atoms with Crippen molar-refractivity contribution in [2.45, 2.75) is 4.90 Å². The molecule has 0 saturated carbocycles. The third-order valence-electron chi connectivity index (χ3n) is 2.69. The third-order valence-corrected chi connectivity index (χ3v) is 3.67. The van der Waals surface area contributed by atoms with E-state index >= 15 is 0 Å². The van der Waals surface area contributed by atoms with Gasteiger partial charge in [0.05, 0.1) is 11.2 Å². The lowest BCUT2D eigenvalue weighted by molar-refractivity contribution is 0.671. The number of anilines is 1. The second kappa shape index (κ2) is 6.39. The molecule has 0 unspecified atom stereocenters. The van der Waals surface area contributed by atoms with Gasteiger partial charge >= 0.3 is 0 Å². The number of allylic oxidation sites excluding steroid dienone is 3. The minimum Gasteiger partial charge on any atom is -0.386 e. The summed E-state index contributed by atoms with van der Waals surface area (Å²) in [5, 5.41) is 4.14. The summed E-state index contributed by atoms with van der Waals surface area (Å²) in [6, 6.07) is 7.97. The van der Waals surface area contributed by atoms with Crippen molar-refractivity contribution in [1.82, 2.24) is 4.98 Å². The summed E-state index contributed by atoms with van der Waals surface area (Å²) in [7, 11) is 1.87. The van der Waals surface area contributed by atoms with Crippen molar-refractivity contribution in [2.24, 2.45) is 0 Å². The number of pyridine rings is 1. The van der Waals surface area contributed by atoms with Gasteiger partial charge in [-0.3, -0.25) is 4.98 Å². The molecule has 0 radical (unpaired) electrons. The maximum absolute atomic E-state index is 12.8. The first-order valence-corrected chi connectivity index (χ1v) is 6.88. The Hall–Kier alpha value is -2.07. The normalized spacial score (nSPS) is 11.4. The van der Waals surface area contributed by atoms with Gasteiger partial charge in [-0.25, -0.2) is 4.39 Å². The van der Waals surface area contributed by atoms with Crippen LogP contribution >= 0.6 is 11.8 Å². The first-order chi connectivity index (χ1) is 9.63. The Morgan fingerprint density at radius 3 is 2.90 bits per heavy atom. The fourth-order valence-electron chi connectivity index (χ4n) is 1.82. The van der Waals surface area contributed by atoms with Gasteiger partial charge in [-0.15, -0.1) is 0 Å². The highest BCUT2D eigenvalue weighted by molar-refractivity contribution is 8.03. The van der Waals surface area contributed by atoms with Gasteiger partial charge in [-0.2, -0.15) is 0 Å². The number of para-hydroxylation sites is 1. The molecule has 0 saturated heterocycles. The largest absolute Gasteiger partial charge is 0.386 e. The second-order valence-corrected chi connectivity index (χ2v) is 5.25. The zero-order valence-electron chi connectivity index (χ0n) is 11.2. The van der Waals surface area contributed by atoms with Crippen LogP contribution < -0.4 is 5.32 Å². The molecule has 0 aliphatic heterocycles. The molecule has 0 spiro atoms. The van der Waals surface area contributed by atoms with Crippen LogP contribution in [0.25, 0.3) is 10.9 Å². The highest BCUT2D eigenvalue weighted by Gasteiger charge is 2.04. The molecular weight excluding hydrogens is 271 g/mol. The molecule has 20 heavy (non-hydrogen) atoms. The SMILES string of the molecule is C=C/C(=C\C(=C)F)Sc1cnc2c(NC)cccc2c1. The van der Waals surface area contributed by atoms with Crippen LogP contribution in [0.1, 0.15) is 0 Å². The average molecular weight is 286 g/mol. The van der Waals surface area contributed by atoms with Gasteiger partial charge in [0.2, 0.25) is 0 Å². The molecule has 2 rings (SSSR count). The minimum atomic E-state index is -0.487. The molecule has 0 fully saturated rings. The zero-order valence-corrected chi connectivity index (χ0v) is 12.0. The maximum atomic E-state index is 12.8. The molecule has 4 heteroatoms. The maximum Gasteiger partial charge on any atom is 0.117 e. The summed E-state index contributed by atoms with van der Waals surface area (Å²) in [6.45, 7) is 6.90. The molecular formula is C16H15FN2S. The minimum absolute atomic E-state index is 0.487. The number of fused-ring (bicyclic) bond motifs is 1. The summed E-state index contributed by atoms with van der Waals surface area (Å²) >= 11 is 1.40. The molecule has 0 bridgehead atoms. The molecule has 102 valence electrons. The van der Waals surface area contributed by atoms with Gasteiger partial charge in [-0.1, -0.05) is 43.1 Å². The first kappa shape index (κ1) is 14.3. The number of hydrogen-bond acceptors (Lipinski definition) is 3. The fraction of sp³-hybridized carbons (Fsp3) is 0.0625. The first-order valence-electron chi connectivity index (χ1n) is 6.07. The third kappa shape index (κ3) is 3.27. The van der Waals surface area contributed by atoms with Crippen molar-refractivity contribution in [2.75, 3.05) is 12.4 Å². The molecule has 1 heterocycles. The lowest BCUT2D eigenvalue weighted by Crippen LogP contribution is -1.91. The van der Waals surface area contributed by atoms with Crippen LogP contribution in [0, 0.1) is 0 Å². The van der Waals surface area contributed by atoms with E-state index in [0.29, 0.717) is 4.91 Å². The lowest BCUT2D eigenvalue weighted by Gasteiger charge is -2.07. The second-order valence-electron chi connectivity index (χ2n) is 4.10. The van der Waals surface area contributed by atoms with Crippen LogP contribution in [0.5, 0.6) is 0 Å². The van der Waals surface area contributed by atoms with Gasteiger partial charge in [-0.05, 0) is 18.2 Å². The molecule has 1 aromatic carbocycles. The van der Waals surface area contributed by atoms with Crippen molar-refractivity contribution in [3.05, 3.63) is 66.5 Å². The number of halogens is 1. The Morgan fingerprint density at radius 2 is 2.25 bits per heavy atom. The van der Waals surface area contributed by atoms with Gasteiger partial charge in [0.25, 0.3) is 0 Å². The van der Waals surface area contributed by atoms with Crippen LogP contribution in [0.3, 0.4) is 0 Å². The van der Waals surface area contributed by atoms with E-state index in [4.69, 9.17) is 0 Å². The van der Waals surface area contributed by atoms with E-state index in [0.717, 1.165) is 21.5 Å². The van der Waals surface area contributed by atoms with E-state index < -0.39 is 5.83 Å². The molecule has 0 amide bonds. The monoisotopic (exact) mass is 286 g/mol. The number of hydrogen-bond donors (Lipinski definition) is 1. The number of rotatable bonds is 5. The topological polar surface area (TPSA) is 24.9 Å². The Bertz CT molecular complexity index is 692. The Morgan fingerprint density at radius 1 is 1.45 bits per heavy atom. The van der Waals surface area contributed by atoms with Gasteiger partial charge < -0.3 is 5.32 Å². The highest BCUT2D eigenvalue weighted by atomic mass is 32.2. The summed E-state index contributed by atoms with van der Waals surface area (Å²) in [5.74, 6) is -0.487. The van der Waals surface area contributed by atoms with Crippen LogP contribution in [-0.2, 0) is 0 Å². The van der Waals surface area contributed by atoms with Gasteiger partial charge in [0.15, 0.2) is 0 Å². The molecule has 1 N–H and O–H groups in total. The van der Waals surface area contributed by atoms with Gasteiger partial charge in [0.1, 0.15) is 5.83 Å². The Labute approximate surface area is 122 Å². The average Bonchev–Trinajstić information content (AvgIpc) is 2.45. The number of aromatic nitrogens is 1.